The van der Waals surface area contributed by atoms with Crippen LogP contribution < -0.4 is 36.2 Å². The summed E-state index contributed by atoms with van der Waals surface area (Å²) in [6.45, 7) is 8.00. The number of piperazine rings is 1. The van der Waals surface area contributed by atoms with Crippen LogP contribution in [0, 0.1) is 16.7 Å². The van der Waals surface area contributed by atoms with Crippen LogP contribution in [0.15, 0.2) is 55.0 Å². The number of nitrogens with zero attached hydrogens (tertiary/aromatic N) is 11. The predicted molar refractivity (Wildman–Crippen MR) is 287 cm³/mol. The fourth-order valence-electron chi connectivity index (χ4n) is 10.3. The number of hydrogen-bond acceptors (Lipinski definition) is 16. The molecule has 4 aromatic heterocycles. The summed E-state index contributed by atoms with van der Waals surface area (Å²) in [7, 11) is 6.69. The molecule has 2 saturated heterocycles. The van der Waals surface area contributed by atoms with Crippen LogP contribution in [-0.4, -0.2) is 144 Å². The molecule has 23 nitrogen and oxygen atoms in total. The Labute approximate surface area is 448 Å². The standard InChI is InChI=1S/C54H70N16O7/c1-54(2,3)49(53(76)70-31-35(71)27-42(70)51(74)60-38-15-13-17-41-37(38)26-34(29-55)67(41)6)62-45(72)18-10-8-9-11-19-46(73)69-24-22-68(23-25-69)33-20-21-43(57-30-33)61-44-28-40(47(64-63-44)52(75)56-4)59-39-16-12-14-36(48(39)77-7)50-58-32-66(5)65-50/h12,14,16,20-21,26,28,30,32,35,38,42,49,71H,8-11,13,15,17-19,22-25,27,31H2,1-7H3,(H,56,75)(H,60,74)(H,62,72)(H2,57,59,61,63)/t35-,38+,42+,49-/m1/s1. The number of carbonyl (C=O) groups excluding carboxylic acids is 5. The summed E-state index contributed by atoms with van der Waals surface area (Å²) in [6, 6.07) is 12.8. The molecule has 5 aromatic rings. The molecule has 408 valence electrons. The third-order valence-corrected chi connectivity index (χ3v) is 14.5. The first-order valence-corrected chi connectivity index (χ1v) is 26.3. The summed E-state index contributed by atoms with van der Waals surface area (Å²) in [4.78, 5) is 81.9. The van der Waals surface area contributed by atoms with Gasteiger partial charge in [-0.2, -0.15) is 10.4 Å². The van der Waals surface area contributed by atoms with Gasteiger partial charge in [-0.1, -0.05) is 39.7 Å². The Morgan fingerprint density at radius 3 is 2.36 bits per heavy atom. The summed E-state index contributed by atoms with van der Waals surface area (Å²) in [6.07, 6.45) is 8.31. The minimum absolute atomic E-state index is 0.0167. The van der Waals surface area contributed by atoms with Crippen LogP contribution in [0.4, 0.5) is 28.7 Å². The molecule has 0 spiro atoms. The molecule has 0 bridgehead atoms. The largest absolute Gasteiger partial charge is 0.494 e. The molecule has 1 aliphatic carbocycles. The van der Waals surface area contributed by atoms with Crippen molar-refractivity contribution in [2.45, 2.75) is 109 Å². The van der Waals surface area contributed by atoms with Gasteiger partial charge >= 0.3 is 0 Å². The van der Waals surface area contributed by atoms with Gasteiger partial charge in [0.1, 0.15) is 36.0 Å². The summed E-state index contributed by atoms with van der Waals surface area (Å²) >= 11 is 0. The molecule has 1 aromatic carbocycles. The molecule has 4 atom stereocenters. The maximum absolute atomic E-state index is 14.2. The van der Waals surface area contributed by atoms with Gasteiger partial charge < -0.3 is 55.7 Å². The van der Waals surface area contributed by atoms with Crippen molar-refractivity contribution in [1.82, 2.24) is 60.3 Å². The molecule has 0 unspecified atom stereocenters. The number of aliphatic hydroxyl groups excluding tert-OH is 1. The van der Waals surface area contributed by atoms with E-state index in [1.165, 1.54) is 11.9 Å². The van der Waals surface area contributed by atoms with Gasteiger partial charge in [-0.05, 0) is 73.4 Å². The SMILES string of the molecule is CNC(=O)c1nnc(Nc2ccc(N3CCN(C(=O)CCCCCCC(=O)N[C@H](C(=O)N4C[C@H](O)C[C@H]4C(=O)N[C@H]4CCCc5c4cc(C#N)n5C)C(C)(C)C)CC3)cn2)cc1Nc1cccc(-c2ncn(C)n2)c1OC. The summed E-state index contributed by atoms with van der Waals surface area (Å²) < 4.78 is 9.22. The number of aromatic nitrogens is 7. The lowest BCUT2D eigenvalue weighted by molar-refractivity contribution is -0.144. The molecule has 0 radical (unpaired) electrons. The van der Waals surface area contributed by atoms with E-state index in [4.69, 9.17) is 4.74 Å². The zero-order chi connectivity index (χ0) is 55.0. The molecule has 0 saturated carbocycles. The predicted octanol–water partition coefficient (Wildman–Crippen LogP) is 4.41. The number of aryl methyl sites for hydroxylation is 1. The van der Waals surface area contributed by atoms with E-state index in [0.29, 0.717) is 97.7 Å². The zero-order valence-corrected chi connectivity index (χ0v) is 44.9. The Balaban J connectivity index is 0.761. The monoisotopic (exact) mass is 1050 g/mol. The number of anilines is 5. The van der Waals surface area contributed by atoms with Crippen molar-refractivity contribution in [3.05, 3.63) is 77.6 Å². The number of ether oxygens (including phenoxy) is 1. The van der Waals surface area contributed by atoms with Gasteiger partial charge in [-0.3, -0.25) is 28.7 Å². The second kappa shape index (κ2) is 24.3. The molecule has 8 rings (SSSR count). The highest BCUT2D eigenvalue weighted by Gasteiger charge is 2.45. The average Bonchev–Trinajstić information content (AvgIpc) is 4.17. The number of β-amino-alcohol motifs (C(OH)–C–C–N with tert-alkyl or cyclic N) is 1. The van der Waals surface area contributed by atoms with Gasteiger partial charge in [0.15, 0.2) is 23.1 Å². The second-order valence-corrected chi connectivity index (χ2v) is 21.0. The number of para-hydroxylation sites is 1. The minimum Gasteiger partial charge on any atom is -0.494 e. The summed E-state index contributed by atoms with van der Waals surface area (Å²) in [5.74, 6) is 0.423. The lowest BCUT2D eigenvalue weighted by Gasteiger charge is -2.36. The van der Waals surface area contributed by atoms with Gasteiger partial charge in [0, 0.05) is 84.9 Å². The van der Waals surface area contributed by atoms with Crippen molar-refractivity contribution >= 4 is 58.2 Å². The van der Waals surface area contributed by atoms with E-state index in [1.54, 1.807) is 37.4 Å². The fraction of sp³-hybridized carbons (Fsp3) is 0.500. The number of benzene rings is 1. The van der Waals surface area contributed by atoms with Gasteiger partial charge in [-0.15, -0.1) is 10.2 Å². The molecule has 3 aliphatic rings. The molecular weight excluding hydrogens is 985 g/mol. The Bertz CT molecular complexity index is 2990. The quantitative estimate of drug-likeness (QED) is 0.0625. The van der Waals surface area contributed by atoms with Crippen molar-refractivity contribution in [1.29, 1.82) is 5.26 Å². The fourth-order valence-corrected chi connectivity index (χ4v) is 10.3. The van der Waals surface area contributed by atoms with Crippen molar-refractivity contribution in [2.75, 3.05) is 62.4 Å². The number of pyridine rings is 1. The molecular formula is C54H70N16O7. The van der Waals surface area contributed by atoms with Gasteiger partial charge in [0.25, 0.3) is 5.91 Å². The minimum atomic E-state index is -0.923. The highest BCUT2D eigenvalue weighted by Crippen LogP contribution is 2.38. The van der Waals surface area contributed by atoms with E-state index in [1.807, 2.05) is 73.7 Å². The number of unbranched alkanes of at least 4 members (excludes halogenated alkanes) is 3. The summed E-state index contributed by atoms with van der Waals surface area (Å²) in [5, 5.41) is 48.3. The number of hydrogen-bond donors (Lipinski definition) is 6. The topological polar surface area (TPSA) is 283 Å². The van der Waals surface area contributed by atoms with E-state index in [0.717, 1.165) is 42.6 Å². The van der Waals surface area contributed by atoms with E-state index >= 15 is 0 Å². The third-order valence-electron chi connectivity index (χ3n) is 14.5. The Kier molecular flexibility index (Phi) is 17.4. The van der Waals surface area contributed by atoms with E-state index in [9.17, 15) is 34.3 Å². The van der Waals surface area contributed by atoms with Crippen LogP contribution in [-0.2, 0) is 39.7 Å². The van der Waals surface area contributed by atoms with Crippen molar-refractivity contribution < 1.29 is 33.8 Å². The van der Waals surface area contributed by atoms with Crippen LogP contribution in [0.2, 0.25) is 0 Å². The number of methoxy groups -OCH3 is 1. The van der Waals surface area contributed by atoms with Crippen LogP contribution in [0.1, 0.15) is 112 Å². The number of fused-ring (bicyclic) bond motifs is 1. The number of amides is 5. The highest BCUT2D eigenvalue weighted by atomic mass is 16.5. The van der Waals surface area contributed by atoms with Crippen LogP contribution >= 0.6 is 0 Å². The molecule has 2 aliphatic heterocycles. The molecule has 6 N–H and O–H groups in total. The average molecular weight is 1060 g/mol. The lowest BCUT2D eigenvalue weighted by atomic mass is 9.85. The van der Waals surface area contributed by atoms with E-state index in [2.05, 4.69) is 62.8 Å². The maximum atomic E-state index is 14.2. The number of carbonyl (C=O) groups is 5. The second-order valence-electron chi connectivity index (χ2n) is 21.0. The van der Waals surface area contributed by atoms with Crippen molar-refractivity contribution in [2.24, 2.45) is 19.5 Å². The van der Waals surface area contributed by atoms with Crippen LogP contribution in [0.3, 0.4) is 0 Å². The molecule has 6 heterocycles. The van der Waals surface area contributed by atoms with E-state index < -0.39 is 35.4 Å². The first-order valence-electron chi connectivity index (χ1n) is 26.3. The van der Waals surface area contributed by atoms with Crippen LogP contribution in [0.5, 0.6) is 5.75 Å². The normalized spacial score (nSPS) is 17.7. The first kappa shape index (κ1) is 55.1. The van der Waals surface area contributed by atoms with Crippen molar-refractivity contribution in [3.8, 4) is 23.2 Å². The first-order chi connectivity index (χ1) is 37.0. The zero-order valence-electron chi connectivity index (χ0n) is 44.9. The molecule has 2 fully saturated rings. The number of nitriles is 1. The van der Waals surface area contributed by atoms with Crippen LogP contribution in [0.25, 0.3) is 11.4 Å². The number of likely N-dealkylation sites (tertiary alicyclic amines) is 1. The Morgan fingerprint density at radius 2 is 1.69 bits per heavy atom. The highest BCUT2D eigenvalue weighted by molar-refractivity contribution is 5.99. The number of nitrogens with one attached hydrogen (secondary N) is 5. The summed E-state index contributed by atoms with van der Waals surface area (Å²) in [5.41, 5.74) is 4.33. The van der Waals surface area contributed by atoms with Gasteiger partial charge in [0.2, 0.25) is 23.6 Å². The maximum Gasteiger partial charge on any atom is 0.273 e. The van der Waals surface area contributed by atoms with E-state index in [-0.39, 0.29) is 48.8 Å². The van der Waals surface area contributed by atoms with Gasteiger partial charge in [0.05, 0.1) is 48.1 Å². The lowest BCUT2D eigenvalue weighted by Crippen LogP contribution is -2.58. The van der Waals surface area contributed by atoms with Gasteiger partial charge in [-0.25, -0.2) is 9.97 Å². The Morgan fingerprint density at radius 1 is 0.922 bits per heavy atom. The molecule has 77 heavy (non-hydrogen) atoms. The number of rotatable bonds is 19. The molecule has 23 heteroatoms. The smallest absolute Gasteiger partial charge is 0.273 e. The Hall–Kier alpha value is -8.13. The molecule has 5 amide bonds. The number of aliphatic hydroxyl groups is 1. The van der Waals surface area contributed by atoms with Crippen molar-refractivity contribution in [3.63, 3.8) is 0 Å². The third kappa shape index (κ3) is 12.9.